The van der Waals surface area contributed by atoms with Gasteiger partial charge in [-0.3, -0.25) is 18.7 Å². The topological polar surface area (TPSA) is 126 Å². The van der Waals surface area contributed by atoms with Gasteiger partial charge in [-0.1, -0.05) is 6.92 Å². The van der Waals surface area contributed by atoms with Crippen LogP contribution in [0.5, 0.6) is 0 Å². The highest BCUT2D eigenvalue weighted by atomic mass is 32.1. The molecule has 0 spiro atoms. The van der Waals surface area contributed by atoms with E-state index in [1.807, 2.05) is 6.92 Å². The summed E-state index contributed by atoms with van der Waals surface area (Å²) < 4.78 is 6.99. The summed E-state index contributed by atoms with van der Waals surface area (Å²) in [6.45, 7) is 4.86. The van der Waals surface area contributed by atoms with Crippen molar-refractivity contribution in [3.8, 4) is 0 Å². The molecule has 0 atom stereocenters. The summed E-state index contributed by atoms with van der Waals surface area (Å²) in [5.74, 6) is -1.68. The van der Waals surface area contributed by atoms with E-state index in [1.165, 1.54) is 7.05 Å². The number of carbonyl (C=O) groups is 2. The Hall–Kier alpha value is -2.75. The molecule has 2 aromatic heterocycles. The van der Waals surface area contributed by atoms with Gasteiger partial charge in [0.15, 0.2) is 6.61 Å². The second-order valence-corrected chi connectivity index (χ2v) is 6.91. The molecule has 0 aliphatic rings. The van der Waals surface area contributed by atoms with E-state index in [9.17, 15) is 19.2 Å². The van der Waals surface area contributed by atoms with E-state index in [0.29, 0.717) is 22.0 Å². The second kappa shape index (κ2) is 7.65. The summed E-state index contributed by atoms with van der Waals surface area (Å²) in [7, 11) is 1.27. The van der Waals surface area contributed by atoms with E-state index < -0.39 is 29.6 Å². The maximum atomic E-state index is 12.4. The lowest BCUT2D eigenvalue weighted by Gasteiger charge is -2.13. The summed E-state index contributed by atoms with van der Waals surface area (Å²) >= 11 is 1.16. The van der Waals surface area contributed by atoms with E-state index in [0.717, 1.165) is 20.5 Å². The van der Waals surface area contributed by atoms with Crippen molar-refractivity contribution in [3.05, 3.63) is 42.0 Å². The molecule has 0 saturated heterocycles. The Labute approximate surface area is 153 Å². The smallest absolute Gasteiger partial charge is 0.350 e. The zero-order valence-electron chi connectivity index (χ0n) is 15.0. The predicted molar refractivity (Wildman–Crippen MR) is 96.8 cm³/mol. The number of Topliss-reactive ketones (excluding diaryl/α,β-unsaturated/α-hetero) is 1. The molecule has 9 nitrogen and oxygen atoms in total. The lowest BCUT2D eigenvalue weighted by molar-refractivity contribution is 0.0478. The summed E-state index contributed by atoms with van der Waals surface area (Å²) in [5, 5.41) is 0.700. The molecule has 0 bridgehead atoms. The summed E-state index contributed by atoms with van der Waals surface area (Å²) in [6, 6.07) is 0. The van der Waals surface area contributed by atoms with E-state index in [2.05, 4.69) is 4.98 Å². The van der Waals surface area contributed by atoms with Crippen molar-refractivity contribution in [2.75, 3.05) is 12.3 Å². The van der Waals surface area contributed by atoms with Crippen LogP contribution in [0.4, 0.5) is 5.82 Å². The van der Waals surface area contributed by atoms with Crippen LogP contribution in [0, 0.1) is 13.8 Å². The number of rotatable bonds is 6. The predicted octanol–water partition coefficient (Wildman–Crippen LogP) is 0.652. The highest BCUT2D eigenvalue weighted by molar-refractivity contribution is 7.13. The Morgan fingerprint density at radius 2 is 1.92 bits per heavy atom. The molecule has 0 unspecified atom stereocenters. The summed E-state index contributed by atoms with van der Waals surface area (Å²) in [5.41, 5.74) is 4.61. The third-order valence-corrected chi connectivity index (χ3v) is 4.79. The number of nitrogen functional groups attached to an aromatic ring is 1. The number of nitrogens with two attached hydrogens (primary N) is 1. The monoisotopic (exact) mass is 380 g/mol. The normalized spacial score (nSPS) is 10.8. The Morgan fingerprint density at radius 3 is 2.46 bits per heavy atom. The zero-order chi connectivity index (χ0) is 19.6. The Bertz CT molecular complexity index is 986. The van der Waals surface area contributed by atoms with Gasteiger partial charge in [0.05, 0.1) is 10.7 Å². The third-order valence-electron chi connectivity index (χ3n) is 3.73. The van der Waals surface area contributed by atoms with Crippen molar-refractivity contribution >= 4 is 28.9 Å². The molecule has 0 aliphatic carbocycles. The fraction of sp³-hybridized carbons (Fsp3) is 0.438. The fourth-order valence-electron chi connectivity index (χ4n) is 2.47. The number of anilines is 1. The average Bonchev–Trinajstić information content (AvgIpc) is 2.93. The zero-order valence-corrected chi connectivity index (χ0v) is 15.8. The van der Waals surface area contributed by atoms with Crippen LogP contribution in [0.2, 0.25) is 0 Å². The molecule has 26 heavy (non-hydrogen) atoms. The number of nitrogens with zero attached hydrogens (tertiary/aromatic N) is 3. The highest BCUT2D eigenvalue weighted by Gasteiger charge is 2.23. The molecule has 2 rings (SSSR count). The summed E-state index contributed by atoms with van der Waals surface area (Å²) in [6.07, 6.45) is 0.592. The molecule has 0 fully saturated rings. The molecule has 0 saturated carbocycles. The molecule has 0 radical (unpaired) electrons. The van der Waals surface area contributed by atoms with Crippen LogP contribution >= 0.6 is 11.3 Å². The first-order valence-electron chi connectivity index (χ1n) is 7.92. The lowest BCUT2D eigenvalue weighted by Crippen LogP contribution is -2.43. The molecule has 2 aromatic rings. The number of ketones is 1. The minimum Gasteiger partial charge on any atom is -0.453 e. The van der Waals surface area contributed by atoms with Crippen molar-refractivity contribution in [2.45, 2.75) is 33.7 Å². The number of hydrogen-bond donors (Lipinski definition) is 1. The molecule has 0 aromatic carbocycles. The van der Waals surface area contributed by atoms with Crippen LogP contribution in [-0.4, -0.2) is 32.5 Å². The minimum absolute atomic E-state index is 0.217. The lowest BCUT2D eigenvalue weighted by atomic mass is 10.2. The van der Waals surface area contributed by atoms with Crippen LogP contribution in [0.25, 0.3) is 0 Å². The van der Waals surface area contributed by atoms with Crippen molar-refractivity contribution in [2.24, 2.45) is 7.05 Å². The number of esters is 1. The molecule has 10 heteroatoms. The second-order valence-electron chi connectivity index (χ2n) is 5.71. The van der Waals surface area contributed by atoms with Gasteiger partial charge in [0, 0.05) is 13.6 Å². The molecule has 0 aliphatic heterocycles. The number of carbonyl (C=O) groups excluding carboxylic acids is 2. The van der Waals surface area contributed by atoms with Gasteiger partial charge in [-0.15, -0.1) is 11.3 Å². The maximum absolute atomic E-state index is 12.4. The molecule has 140 valence electrons. The first-order chi connectivity index (χ1) is 12.2. The number of aryl methyl sites for hydroxylation is 2. The van der Waals surface area contributed by atoms with Gasteiger partial charge in [0.1, 0.15) is 16.3 Å². The Morgan fingerprint density at radius 1 is 1.27 bits per heavy atom. The summed E-state index contributed by atoms with van der Waals surface area (Å²) in [4.78, 5) is 53.3. The van der Waals surface area contributed by atoms with Crippen molar-refractivity contribution in [1.82, 2.24) is 14.1 Å². The van der Waals surface area contributed by atoms with Crippen molar-refractivity contribution < 1.29 is 14.3 Å². The maximum Gasteiger partial charge on any atom is 0.350 e. The van der Waals surface area contributed by atoms with Gasteiger partial charge >= 0.3 is 11.7 Å². The van der Waals surface area contributed by atoms with Crippen LogP contribution < -0.4 is 17.0 Å². The highest BCUT2D eigenvalue weighted by Crippen LogP contribution is 2.18. The van der Waals surface area contributed by atoms with Gasteiger partial charge < -0.3 is 10.5 Å². The van der Waals surface area contributed by atoms with Crippen LogP contribution in [0.1, 0.15) is 44.1 Å². The van der Waals surface area contributed by atoms with Gasteiger partial charge in [0.25, 0.3) is 5.56 Å². The molecular weight excluding hydrogens is 360 g/mol. The SMILES string of the molecule is CCCn1c(N)c(C(=O)COC(=O)c2sc(C)nc2C)c(=O)n(C)c1=O. The van der Waals surface area contributed by atoms with E-state index in [-0.39, 0.29) is 17.9 Å². The molecule has 2 heterocycles. The quantitative estimate of drug-likeness (QED) is 0.576. The number of ether oxygens (including phenoxy) is 1. The van der Waals surface area contributed by atoms with Crippen LogP contribution in [0.15, 0.2) is 9.59 Å². The van der Waals surface area contributed by atoms with E-state index in [1.54, 1.807) is 13.8 Å². The molecule has 0 amide bonds. The standard InChI is InChI=1S/C16H20N4O5S/c1-5-6-20-13(17)11(14(22)19(4)16(20)24)10(21)7-25-15(23)12-8(2)18-9(3)26-12/h5-7,17H2,1-4H3. The van der Waals surface area contributed by atoms with Gasteiger partial charge in [-0.05, 0) is 20.3 Å². The fourth-order valence-corrected chi connectivity index (χ4v) is 3.29. The van der Waals surface area contributed by atoms with Crippen molar-refractivity contribution in [1.29, 1.82) is 0 Å². The van der Waals surface area contributed by atoms with Gasteiger partial charge in [0.2, 0.25) is 5.78 Å². The van der Waals surface area contributed by atoms with E-state index in [4.69, 9.17) is 10.5 Å². The Balaban J connectivity index is 2.30. The first kappa shape index (κ1) is 19.6. The average molecular weight is 380 g/mol. The molecule has 2 N–H and O–H groups in total. The third kappa shape index (κ3) is 3.59. The van der Waals surface area contributed by atoms with E-state index >= 15 is 0 Å². The number of aromatic nitrogens is 3. The number of thiazole rings is 1. The first-order valence-corrected chi connectivity index (χ1v) is 8.74. The van der Waals surface area contributed by atoms with Gasteiger partial charge in [-0.25, -0.2) is 14.6 Å². The minimum atomic E-state index is -0.814. The van der Waals surface area contributed by atoms with Crippen LogP contribution in [0.3, 0.4) is 0 Å². The van der Waals surface area contributed by atoms with Crippen LogP contribution in [-0.2, 0) is 18.3 Å². The Kier molecular flexibility index (Phi) is 5.76. The van der Waals surface area contributed by atoms with Gasteiger partial charge in [-0.2, -0.15) is 0 Å². The molecular formula is C16H20N4O5S. The number of hydrogen-bond acceptors (Lipinski definition) is 8. The largest absolute Gasteiger partial charge is 0.453 e. The van der Waals surface area contributed by atoms with Crippen molar-refractivity contribution in [3.63, 3.8) is 0 Å².